The Kier molecular flexibility index (Phi) is 4.57. The van der Waals surface area contributed by atoms with Crippen molar-refractivity contribution in [3.63, 3.8) is 0 Å². The van der Waals surface area contributed by atoms with E-state index in [1.165, 1.54) is 0 Å². The van der Waals surface area contributed by atoms with Crippen LogP contribution in [0.15, 0.2) is 60.7 Å². The second-order valence-corrected chi connectivity index (χ2v) is 6.34. The number of phenols is 2. The summed E-state index contributed by atoms with van der Waals surface area (Å²) in [7, 11) is 0. The third-order valence-electron chi connectivity index (χ3n) is 4.42. The first-order valence-corrected chi connectivity index (χ1v) is 8.17. The van der Waals surface area contributed by atoms with E-state index in [1.54, 1.807) is 0 Å². The van der Waals surface area contributed by atoms with Gasteiger partial charge in [0.05, 0.1) is 0 Å². The van der Waals surface area contributed by atoms with E-state index in [9.17, 15) is 10.2 Å². The molecule has 0 saturated carbocycles. The van der Waals surface area contributed by atoms with Crippen LogP contribution in [-0.2, 0) is 12.8 Å². The summed E-state index contributed by atoms with van der Waals surface area (Å²) in [6.45, 7) is 3.82. The van der Waals surface area contributed by atoms with Crippen LogP contribution in [0.1, 0.15) is 33.4 Å². The lowest BCUT2D eigenvalue weighted by atomic mass is 9.97. The van der Waals surface area contributed by atoms with Crippen molar-refractivity contribution >= 4 is 0 Å². The number of rotatable bonds is 4. The number of aromatic hydroxyl groups is 2. The van der Waals surface area contributed by atoms with Gasteiger partial charge in [0.2, 0.25) is 0 Å². The first-order chi connectivity index (χ1) is 11.5. The molecule has 0 spiro atoms. The molecule has 3 rings (SSSR count). The van der Waals surface area contributed by atoms with Crippen LogP contribution in [0.3, 0.4) is 0 Å². The molecule has 0 aliphatic rings. The topological polar surface area (TPSA) is 40.5 Å². The van der Waals surface area contributed by atoms with Crippen molar-refractivity contribution in [2.75, 3.05) is 0 Å². The molecule has 0 atom stereocenters. The molecule has 2 nitrogen and oxygen atoms in total. The Balaban J connectivity index is 1.84. The van der Waals surface area contributed by atoms with Gasteiger partial charge in [-0.1, -0.05) is 60.7 Å². The highest BCUT2D eigenvalue weighted by molar-refractivity contribution is 5.45. The quantitative estimate of drug-likeness (QED) is 0.718. The Bertz CT molecular complexity index is 797. The molecule has 3 aromatic carbocycles. The van der Waals surface area contributed by atoms with Gasteiger partial charge in [-0.25, -0.2) is 0 Å². The average Bonchev–Trinajstić information content (AvgIpc) is 2.57. The molecule has 0 aromatic heterocycles. The fourth-order valence-electron chi connectivity index (χ4n) is 3.01. The van der Waals surface area contributed by atoms with Gasteiger partial charge in [0.15, 0.2) is 0 Å². The molecule has 0 radical (unpaired) electrons. The van der Waals surface area contributed by atoms with Gasteiger partial charge in [0.25, 0.3) is 0 Å². The van der Waals surface area contributed by atoms with Crippen LogP contribution in [0.5, 0.6) is 11.5 Å². The minimum absolute atomic E-state index is 0.374. The van der Waals surface area contributed by atoms with Crippen LogP contribution in [0.4, 0.5) is 0 Å². The summed E-state index contributed by atoms with van der Waals surface area (Å²) in [5.74, 6) is 0.749. The van der Waals surface area contributed by atoms with E-state index in [2.05, 4.69) is 18.2 Å². The van der Waals surface area contributed by atoms with Gasteiger partial charge in [-0.2, -0.15) is 0 Å². The molecule has 0 saturated heterocycles. The number of benzene rings is 3. The molecule has 0 aliphatic carbocycles. The number of para-hydroxylation sites is 2. The van der Waals surface area contributed by atoms with E-state index in [0.29, 0.717) is 24.3 Å². The zero-order valence-electron chi connectivity index (χ0n) is 14.1. The monoisotopic (exact) mass is 318 g/mol. The van der Waals surface area contributed by atoms with E-state index in [-0.39, 0.29) is 0 Å². The zero-order chi connectivity index (χ0) is 17.1. The maximum Gasteiger partial charge on any atom is 0.122 e. The summed E-state index contributed by atoms with van der Waals surface area (Å²) in [5.41, 5.74) is 5.97. The van der Waals surface area contributed by atoms with Gasteiger partial charge in [0.1, 0.15) is 11.5 Å². The minimum Gasteiger partial charge on any atom is -0.507 e. The second-order valence-electron chi connectivity index (χ2n) is 6.34. The first kappa shape index (κ1) is 16.1. The van der Waals surface area contributed by atoms with Crippen LogP contribution in [-0.4, -0.2) is 10.2 Å². The minimum atomic E-state index is 0.374. The summed E-state index contributed by atoms with van der Waals surface area (Å²) < 4.78 is 0. The second kappa shape index (κ2) is 6.79. The average molecular weight is 318 g/mol. The van der Waals surface area contributed by atoms with Crippen molar-refractivity contribution in [2.45, 2.75) is 26.7 Å². The van der Waals surface area contributed by atoms with Crippen molar-refractivity contribution in [1.29, 1.82) is 0 Å². The molecule has 0 aliphatic heterocycles. The normalized spacial score (nSPS) is 10.8. The van der Waals surface area contributed by atoms with E-state index in [0.717, 1.165) is 33.4 Å². The molecule has 0 amide bonds. The van der Waals surface area contributed by atoms with E-state index < -0.39 is 0 Å². The Morgan fingerprint density at radius 2 is 1.04 bits per heavy atom. The van der Waals surface area contributed by atoms with Crippen LogP contribution in [0.2, 0.25) is 0 Å². The Hall–Kier alpha value is -2.74. The molecule has 2 N–H and O–H groups in total. The maximum atomic E-state index is 10.2. The van der Waals surface area contributed by atoms with E-state index in [4.69, 9.17) is 0 Å². The van der Waals surface area contributed by atoms with E-state index in [1.807, 2.05) is 56.3 Å². The number of phenolic OH excluding ortho intramolecular Hbond substituents is 2. The predicted molar refractivity (Wildman–Crippen MR) is 97.7 cm³/mol. The molecule has 24 heavy (non-hydrogen) atoms. The smallest absolute Gasteiger partial charge is 0.122 e. The van der Waals surface area contributed by atoms with Gasteiger partial charge in [-0.15, -0.1) is 0 Å². The van der Waals surface area contributed by atoms with E-state index >= 15 is 0 Å². The summed E-state index contributed by atoms with van der Waals surface area (Å²) in [5, 5.41) is 20.4. The fourth-order valence-corrected chi connectivity index (χ4v) is 3.01. The Morgan fingerprint density at radius 1 is 0.625 bits per heavy atom. The van der Waals surface area contributed by atoms with Crippen LogP contribution >= 0.6 is 0 Å². The Labute approximate surface area is 143 Å². The van der Waals surface area contributed by atoms with Crippen LogP contribution < -0.4 is 0 Å². The molecule has 0 heterocycles. The zero-order valence-corrected chi connectivity index (χ0v) is 14.1. The van der Waals surface area contributed by atoms with Crippen molar-refractivity contribution in [1.82, 2.24) is 0 Å². The summed E-state index contributed by atoms with van der Waals surface area (Å²) in [6, 6.07) is 20.0. The lowest BCUT2D eigenvalue weighted by Crippen LogP contribution is -1.94. The standard InChI is InChI=1S/C22H22O2/c1-15-6-3-10-19(21(15)23)13-17-8-5-9-18(12-17)14-20-11-4-7-16(2)22(20)24/h3-12,23-24H,13-14H2,1-2H3. The SMILES string of the molecule is Cc1cccc(Cc2cccc(Cc3cccc(C)c3O)c2)c1O. The highest BCUT2D eigenvalue weighted by Crippen LogP contribution is 2.26. The summed E-state index contributed by atoms with van der Waals surface area (Å²) >= 11 is 0. The highest BCUT2D eigenvalue weighted by atomic mass is 16.3. The van der Waals surface area contributed by atoms with Gasteiger partial charge >= 0.3 is 0 Å². The number of hydrogen-bond acceptors (Lipinski definition) is 2. The van der Waals surface area contributed by atoms with Crippen molar-refractivity contribution in [3.8, 4) is 11.5 Å². The highest BCUT2D eigenvalue weighted by Gasteiger charge is 2.08. The summed E-state index contributed by atoms with van der Waals surface area (Å²) in [4.78, 5) is 0. The predicted octanol–water partition coefficient (Wildman–Crippen LogP) is 4.90. The fraction of sp³-hybridized carbons (Fsp3) is 0.182. The largest absolute Gasteiger partial charge is 0.507 e. The number of hydrogen-bond donors (Lipinski definition) is 2. The summed E-state index contributed by atoms with van der Waals surface area (Å²) in [6.07, 6.45) is 1.39. The number of aryl methyl sites for hydroxylation is 2. The van der Waals surface area contributed by atoms with Gasteiger partial charge in [0, 0.05) is 12.8 Å². The van der Waals surface area contributed by atoms with Crippen molar-refractivity contribution < 1.29 is 10.2 Å². The maximum absolute atomic E-state index is 10.2. The molecule has 0 fully saturated rings. The molecule has 0 bridgehead atoms. The Morgan fingerprint density at radius 3 is 1.50 bits per heavy atom. The first-order valence-electron chi connectivity index (χ1n) is 8.17. The molecule has 3 aromatic rings. The molecule has 122 valence electrons. The van der Waals surface area contributed by atoms with Crippen molar-refractivity contribution in [3.05, 3.63) is 94.0 Å². The lowest BCUT2D eigenvalue weighted by molar-refractivity contribution is 0.465. The third-order valence-corrected chi connectivity index (χ3v) is 4.42. The van der Waals surface area contributed by atoms with Crippen LogP contribution in [0.25, 0.3) is 0 Å². The molecule has 2 heteroatoms. The van der Waals surface area contributed by atoms with Gasteiger partial charge in [-0.3, -0.25) is 0 Å². The molecular formula is C22H22O2. The van der Waals surface area contributed by atoms with Crippen LogP contribution in [0, 0.1) is 13.8 Å². The third kappa shape index (κ3) is 3.43. The lowest BCUT2D eigenvalue weighted by Gasteiger charge is -2.10. The van der Waals surface area contributed by atoms with Gasteiger partial charge in [-0.05, 0) is 47.2 Å². The molecule has 0 unspecified atom stereocenters. The molecular weight excluding hydrogens is 296 g/mol. The van der Waals surface area contributed by atoms with Gasteiger partial charge < -0.3 is 10.2 Å². The van der Waals surface area contributed by atoms with Crippen molar-refractivity contribution in [2.24, 2.45) is 0 Å².